The van der Waals surface area contributed by atoms with Crippen molar-refractivity contribution in [3.63, 3.8) is 0 Å². The van der Waals surface area contributed by atoms with E-state index in [2.05, 4.69) is 48.9 Å². The molecule has 0 aliphatic heterocycles. The molecule has 0 aliphatic rings. The molecular formula is C15H13ClN2. The zero-order valence-electron chi connectivity index (χ0n) is 10.6. The average molecular weight is 257 g/mol. The third kappa shape index (κ3) is 1.49. The van der Waals surface area contributed by atoms with Crippen molar-refractivity contribution >= 4 is 33.3 Å². The lowest BCUT2D eigenvalue weighted by Crippen LogP contribution is -1.92. The minimum Gasteiger partial charge on any atom is -0.236 e. The summed E-state index contributed by atoms with van der Waals surface area (Å²) >= 11 is 6.17. The maximum Gasteiger partial charge on any atom is 0.140 e. The topological polar surface area (TPSA) is 25.8 Å². The van der Waals surface area contributed by atoms with E-state index >= 15 is 0 Å². The van der Waals surface area contributed by atoms with Crippen molar-refractivity contribution < 1.29 is 0 Å². The molecule has 0 unspecified atom stereocenters. The largest absolute Gasteiger partial charge is 0.236 e. The Hall–Kier alpha value is -1.67. The lowest BCUT2D eigenvalue weighted by atomic mass is 9.95. The van der Waals surface area contributed by atoms with Gasteiger partial charge in [0.05, 0.1) is 5.52 Å². The van der Waals surface area contributed by atoms with Crippen LogP contribution < -0.4 is 0 Å². The second kappa shape index (κ2) is 3.92. The first-order valence-electron chi connectivity index (χ1n) is 5.89. The molecular weight excluding hydrogens is 244 g/mol. The highest BCUT2D eigenvalue weighted by atomic mass is 35.5. The van der Waals surface area contributed by atoms with Crippen LogP contribution in [0.25, 0.3) is 21.7 Å². The predicted octanol–water partition coefficient (Wildman–Crippen LogP) is 4.36. The standard InChI is InChI=1S/C15H13ClN2/c1-8-4-5-9(2)13-12(8)10(3)6-11-14(13)17-7-18-15(11)16/h4-7H,1-3H3. The number of aryl methyl sites for hydroxylation is 3. The average Bonchev–Trinajstić information content (AvgIpc) is 2.34. The molecule has 0 aliphatic carbocycles. The molecule has 1 aromatic heterocycles. The molecule has 0 radical (unpaired) electrons. The van der Waals surface area contributed by atoms with Gasteiger partial charge in [0.2, 0.25) is 0 Å². The third-order valence-corrected chi connectivity index (χ3v) is 3.75. The summed E-state index contributed by atoms with van der Waals surface area (Å²) in [5.74, 6) is 0. The SMILES string of the molecule is Cc1ccc(C)c2c1c(C)cc1c(Cl)ncnc12. The van der Waals surface area contributed by atoms with Crippen molar-refractivity contribution in [3.05, 3.63) is 46.4 Å². The van der Waals surface area contributed by atoms with Gasteiger partial charge in [-0.1, -0.05) is 23.7 Å². The van der Waals surface area contributed by atoms with Crippen molar-refractivity contribution in [3.8, 4) is 0 Å². The summed E-state index contributed by atoms with van der Waals surface area (Å²) in [6, 6.07) is 6.36. The lowest BCUT2D eigenvalue weighted by Gasteiger charge is -2.12. The number of aromatic nitrogens is 2. The second-order valence-electron chi connectivity index (χ2n) is 4.70. The Morgan fingerprint density at radius 2 is 1.56 bits per heavy atom. The molecule has 1 heterocycles. The van der Waals surface area contributed by atoms with Gasteiger partial charge in [0.15, 0.2) is 0 Å². The van der Waals surface area contributed by atoms with Gasteiger partial charge in [0, 0.05) is 10.8 Å². The molecule has 18 heavy (non-hydrogen) atoms. The van der Waals surface area contributed by atoms with Gasteiger partial charge in [-0.25, -0.2) is 9.97 Å². The fourth-order valence-electron chi connectivity index (χ4n) is 2.61. The molecule has 0 N–H and O–H groups in total. The monoisotopic (exact) mass is 256 g/mol. The molecule has 0 bridgehead atoms. The van der Waals surface area contributed by atoms with Crippen LogP contribution in [0.2, 0.25) is 5.15 Å². The van der Waals surface area contributed by atoms with Gasteiger partial charge in [0.1, 0.15) is 11.5 Å². The van der Waals surface area contributed by atoms with E-state index in [1.165, 1.54) is 33.8 Å². The Morgan fingerprint density at radius 1 is 0.889 bits per heavy atom. The van der Waals surface area contributed by atoms with E-state index in [9.17, 15) is 0 Å². The highest BCUT2D eigenvalue weighted by Crippen LogP contribution is 2.33. The number of rotatable bonds is 0. The van der Waals surface area contributed by atoms with Gasteiger partial charge in [0.25, 0.3) is 0 Å². The van der Waals surface area contributed by atoms with Crippen LogP contribution in [0, 0.1) is 20.8 Å². The summed E-state index contributed by atoms with van der Waals surface area (Å²) in [5.41, 5.74) is 4.65. The first-order chi connectivity index (χ1) is 8.59. The van der Waals surface area contributed by atoms with Crippen LogP contribution >= 0.6 is 11.6 Å². The molecule has 0 atom stereocenters. The smallest absolute Gasteiger partial charge is 0.140 e. The molecule has 3 rings (SSSR count). The Labute approximate surface area is 111 Å². The van der Waals surface area contributed by atoms with Crippen molar-refractivity contribution in [1.82, 2.24) is 9.97 Å². The van der Waals surface area contributed by atoms with Crippen molar-refractivity contribution in [1.29, 1.82) is 0 Å². The van der Waals surface area contributed by atoms with Crippen molar-refractivity contribution in [2.45, 2.75) is 20.8 Å². The Bertz CT molecular complexity index is 778. The first-order valence-corrected chi connectivity index (χ1v) is 6.27. The summed E-state index contributed by atoms with van der Waals surface area (Å²) in [6.07, 6.45) is 1.53. The van der Waals surface area contributed by atoms with E-state index in [-0.39, 0.29) is 0 Å². The van der Waals surface area contributed by atoms with Crippen LogP contribution in [0.3, 0.4) is 0 Å². The maximum atomic E-state index is 6.17. The van der Waals surface area contributed by atoms with Gasteiger partial charge in [-0.3, -0.25) is 0 Å². The first kappa shape index (κ1) is 11.4. The number of halogens is 1. The molecule has 2 nitrogen and oxygen atoms in total. The van der Waals surface area contributed by atoms with E-state index in [1.807, 2.05) is 0 Å². The summed E-state index contributed by atoms with van der Waals surface area (Å²) in [7, 11) is 0. The fourth-order valence-corrected chi connectivity index (χ4v) is 2.80. The number of fused-ring (bicyclic) bond motifs is 3. The normalized spacial score (nSPS) is 11.3. The number of nitrogens with zero attached hydrogens (tertiary/aromatic N) is 2. The molecule has 0 amide bonds. The molecule has 3 aromatic rings. The van der Waals surface area contributed by atoms with Gasteiger partial charge in [-0.15, -0.1) is 0 Å². The van der Waals surface area contributed by atoms with E-state index in [1.54, 1.807) is 0 Å². The van der Waals surface area contributed by atoms with E-state index in [0.717, 1.165) is 10.9 Å². The van der Waals surface area contributed by atoms with Crippen LogP contribution in [0.5, 0.6) is 0 Å². The summed E-state index contributed by atoms with van der Waals surface area (Å²) in [4.78, 5) is 8.48. The van der Waals surface area contributed by atoms with Crippen molar-refractivity contribution in [2.24, 2.45) is 0 Å². The van der Waals surface area contributed by atoms with Crippen molar-refractivity contribution in [2.75, 3.05) is 0 Å². The molecule has 0 saturated carbocycles. The van der Waals surface area contributed by atoms with Crippen LogP contribution in [0.15, 0.2) is 24.5 Å². The van der Waals surface area contributed by atoms with Crippen LogP contribution in [0.4, 0.5) is 0 Å². The van der Waals surface area contributed by atoms with Gasteiger partial charge in [-0.2, -0.15) is 0 Å². The molecule has 2 aromatic carbocycles. The maximum absolute atomic E-state index is 6.17. The predicted molar refractivity (Wildman–Crippen MR) is 76.3 cm³/mol. The summed E-state index contributed by atoms with van der Waals surface area (Å²) < 4.78 is 0. The lowest BCUT2D eigenvalue weighted by molar-refractivity contribution is 1.22. The van der Waals surface area contributed by atoms with Crippen LogP contribution in [-0.4, -0.2) is 9.97 Å². The fraction of sp³-hybridized carbons (Fsp3) is 0.200. The summed E-state index contributed by atoms with van der Waals surface area (Å²) in [6.45, 7) is 6.34. The molecule has 90 valence electrons. The van der Waals surface area contributed by atoms with Crippen LogP contribution in [0.1, 0.15) is 16.7 Å². The van der Waals surface area contributed by atoms with Gasteiger partial charge < -0.3 is 0 Å². The number of hydrogen-bond acceptors (Lipinski definition) is 2. The number of hydrogen-bond donors (Lipinski definition) is 0. The summed E-state index contributed by atoms with van der Waals surface area (Å²) in [5, 5.41) is 3.91. The van der Waals surface area contributed by atoms with E-state index in [4.69, 9.17) is 11.6 Å². The Balaban J connectivity index is 2.70. The van der Waals surface area contributed by atoms with E-state index < -0.39 is 0 Å². The molecule has 0 spiro atoms. The minimum absolute atomic E-state index is 0.519. The zero-order chi connectivity index (χ0) is 12.9. The van der Waals surface area contributed by atoms with Gasteiger partial charge in [-0.05, 0) is 48.9 Å². The zero-order valence-corrected chi connectivity index (χ0v) is 11.3. The Morgan fingerprint density at radius 3 is 2.28 bits per heavy atom. The third-order valence-electron chi connectivity index (χ3n) is 3.45. The molecule has 3 heteroatoms. The minimum atomic E-state index is 0.519. The highest BCUT2D eigenvalue weighted by molar-refractivity contribution is 6.35. The quantitative estimate of drug-likeness (QED) is 0.441. The number of benzene rings is 2. The second-order valence-corrected chi connectivity index (χ2v) is 5.06. The van der Waals surface area contributed by atoms with Crippen LogP contribution in [-0.2, 0) is 0 Å². The molecule has 0 saturated heterocycles. The highest BCUT2D eigenvalue weighted by Gasteiger charge is 2.11. The Kier molecular flexibility index (Phi) is 2.49. The van der Waals surface area contributed by atoms with Gasteiger partial charge >= 0.3 is 0 Å². The van der Waals surface area contributed by atoms with E-state index in [0.29, 0.717) is 5.15 Å². The molecule has 0 fully saturated rings.